The number of hydrogen-bond acceptors (Lipinski definition) is 5. The fourth-order valence-electron chi connectivity index (χ4n) is 3.04. The Bertz CT molecular complexity index is 766. The number of hydrogen-bond donors (Lipinski definition) is 1. The smallest absolute Gasteiger partial charge is 0.306 e. The Hall–Kier alpha value is -1.93. The number of sulfonamides is 1. The van der Waals surface area contributed by atoms with Crippen LogP contribution in [0.25, 0.3) is 0 Å². The standard InChI is InChI=1S/C19H26N2O5S/c22-18(20-16-7-8-16)14-26-19(23)11-6-15-4-9-17(10-5-15)27(24,25)21-12-2-1-3-13-21/h4-5,9-10,16H,1-3,6-8,11-14H2,(H,20,22). The van der Waals surface area contributed by atoms with E-state index in [0.29, 0.717) is 19.5 Å². The van der Waals surface area contributed by atoms with Gasteiger partial charge in [0.05, 0.1) is 4.90 Å². The zero-order valence-corrected chi connectivity index (χ0v) is 16.2. The summed E-state index contributed by atoms with van der Waals surface area (Å²) >= 11 is 0. The maximum absolute atomic E-state index is 12.6. The summed E-state index contributed by atoms with van der Waals surface area (Å²) in [7, 11) is -3.44. The van der Waals surface area contributed by atoms with Gasteiger partial charge in [-0.3, -0.25) is 9.59 Å². The molecule has 0 spiro atoms. The van der Waals surface area contributed by atoms with Crippen molar-refractivity contribution >= 4 is 21.9 Å². The van der Waals surface area contributed by atoms with Crippen molar-refractivity contribution in [2.24, 2.45) is 0 Å². The summed E-state index contributed by atoms with van der Waals surface area (Å²) in [5.74, 6) is -0.705. The molecule has 148 valence electrons. The van der Waals surface area contributed by atoms with Gasteiger partial charge in [0.2, 0.25) is 10.0 Å². The van der Waals surface area contributed by atoms with E-state index in [1.165, 1.54) is 4.31 Å². The van der Waals surface area contributed by atoms with Crippen LogP contribution in [0.4, 0.5) is 0 Å². The van der Waals surface area contributed by atoms with Crippen molar-refractivity contribution in [3.05, 3.63) is 29.8 Å². The Morgan fingerprint density at radius 1 is 1.07 bits per heavy atom. The maximum atomic E-state index is 12.6. The van der Waals surface area contributed by atoms with Gasteiger partial charge in [-0.25, -0.2) is 8.42 Å². The molecule has 3 rings (SSSR count). The van der Waals surface area contributed by atoms with E-state index < -0.39 is 16.0 Å². The van der Waals surface area contributed by atoms with E-state index in [1.807, 2.05) is 0 Å². The highest BCUT2D eigenvalue weighted by molar-refractivity contribution is 7.89. The largest absolute Gasteiger partial charge is 0.456 e. The van der Waals surface area contributed by atoms with Crippen molar-refractivity contribution in [3.63, 3.8) is 0 Å². The number of rotatable bonds is 8. The number of carbonyl (C=O) groups is 2. The van der Waals surface area contributed by atoms with E-state index in [0.717, 1.165) is 37.7 Å². The summed E-state index contributed by atoms with van der Waals surface area (Å²) in [6, 6.07) is 6.88. The Morgan fingerprint density at radius 3 is 2.37 bits per heavy atom. The van der Waals surface area contributed by atoms with Crippen molar-refractivity contribution in [3.8, 4) is 0 Å². The zero-order valence-electron chi connectivity index (χ0n) is 15.4. The number of piperidine rings is 1. The lowest BCUT2D eigenvalue weighted by atomic mass is 10.1. The van der Waals surface area contributed by atoms with Crippen LogP contribution in [0.5, 0.6) is 0 Å². The van der Waals surface area contributed by atoms with Gasteiger partial charge in [-0.2, -0.15) is 4.31 Å². The molecule has 1 saturated carbocycles. The Balaban J connectivity index is 1.45. The SMILES string of the molecule is O=C(COC(=O)CCc1ccc(S(=O)(=O)N2CCCCC2)cc1)NC1CC1. The molecular weight excluding hydrogens is 368 g/mol. The molecule has 0 radical (unpaired) electrons. The summed E-state index contributed by atoms with van der Waals surface area (Å²) in [6.45, 7) is 0.900. The normalized spacial score (nSPS) is 18.1. The molecule has 2 aliphatic rings. The van der Waals surface area contributed by atoms with Crippen LogP contribution < -0.4 is 5.32 Å². The van der Waals surface area contributed by atoms with Gasteiger partial charge in [0.25, 0.3) is 5.91 Å². The highest BCUT2D eigenvalue weighted by Gasteiger charge is 2.26. The van der Waals surface area contributed by atoms with Crippen molar-refractivity contribution in [2.75, 3.05) is 19.7 Å². The Morgan fingerprint density at radius 2 is 1.74 bits per heavy atom. The third-order valence-corrected chi connectivity index (χ3v) is 6.71. The fourth-order valence-corrected chi connectivity index (χ4v) is 4.56. The molecule has 0 unspecified atom stereocenters. The Kier molecular flexibility index (Phi) is 6.49. The van der Waals surface area contributed by atoms with E-state index >= 15 is 0 Å². The van der Waals surface area contributed by atoms with Gasteiger partial charge in [0.1, 0.15) is 0 Å². The molecule has 1 aliphatic heterocycles. The van der Waals surface area contributed by atoms with Crippen LogP contribution in [-0.2, 0) is 30.8 Å². The average molecular weight is 394 g/mol. The van der Waals surface area contributed by atoms with Crippen LogP contribution in [0.1, 0.15) is 44.1 Å². The summed E-state index contributed by atoms with van der Waals surface area (Å²) in [5, 5.41) is 2.75. The van der Waals surface area contributed by atoms with Gasteiger partial charge in [0.15, 0.2) is 6.61 Å². The molecule has 2 fully saturated rings. The summed E-state index contributed by atoms with van der Waals surface area (Å²) in [6.07, 6.45) is 5.44. The molecule has 0 atom stereocenters. The predicted octanol–water partition coefficient (Wildman–Crippen LogP) is 1.62. The summed E-state index contributed by atoms with van der Waals surface area (Å²) in [4.78, 5) is 23.5. The molecule has 8 heteroatoms. The third-order valence-electron chi connectivity index (χ3n) is 4.80. The van der Waals surface area contributed by atoms with Crippen LogP contribution in [0, 0.1) is 0 Å². The number of nitrogens with zero attached hydrogens (tertiary/aromatic N) is 1. The monoisotopic (exact) mass is 394 g/mol. The minimum Gasteiger partial charge on any atom is -0.456 e. The van der Waals surface area contributed by atoms with Gasteiger partial charge >= 0.3 is 5.97 Å². The minimum atomic E-state index is -3.44. The molecule has 27 heavy (non-hydrogen) atoms. The highest BCUT2D eigenvalue weighted by Crippen LogP contribution is 2.21. The van der Waals surface area contributed by atoms with Gasteiger partial charge < -0.3 is 10.1 Å². The first-order valence-electron chi connectivity index (χ1n) is 9.49. The molecule has 1 aromatic carbocycles. The molecule has 1 aliphatic carbocycles. The summed E-state index contributed by atoms with van der Waals surface area (Å²) in [5.41, 5.74) is 0.854. The highest BCUT2D eigenvalue weighted by atomic mass is 32.2. The summed E-state index contributed by atoms with van der Waals surface area (Å²) < 4.78 is 31.7. The van der Waals surface area contributed by atoms with Gasteiger partial charge in [0, 0.05) is 25.6 Å². The van der Waals surface area contributed by atoms with Crippen LogP contribution in [-0.4, -0.2) is 50.3 Å². The number of amides is 1. The number of esters is 1. The van der Waals surface area contributed by atoms with Crippen LogP contribution in [0.3, 0.4) is 0 Å². The van der Waals surface area contributed by atoms with Crippen LogP contribution in [0.15, 0.2) is 29.2 Å². The molecule has 1 aromatic rings. The van der Waals surface area contributed by atoms with E-state index in [9.17, 15) is 18.0 Å². The molecule has 1 heterocycles. The number of ether oxygens (including phenoxy) is 1. The average Bonchev–Trinajstić information content (AvgIpc) is 3.49. The number of benzene rings is 1. The van der Waals surface area contributed by atoms with E-state index in [4.69, 9.17) is 4.74 Å². The lowest BCUT2D eigenvalue weighted by Gasteiger charge is -2.25. The van der Waals surface area contributed by atoms with Crippen molar-refractivity contribution < 1.29 is 22.7 Å². The van der Waals surface area contributed by atoms with Crippen LogP contribution in [0.2, 0.25) is 0 Å². The lowest BCUT2D eigenvalue weighted by Crippen LogP contribution is -2.35. The van der Waals surface area contributed by atoms with Gasteiger partial charge in [-0.15, -0.1) is 0 Å². The van der Waals surface area contributed by atoms with Crippen molar-refractivity contribution in [2.45, 2.75) is 55.9 Å². The second-order valence-electron chi connectivity index (χ2n) is 7.11. The maximum Gasteiger partial charge on any atom is 0.306 e. The Labute approximate surface area is 160 Å². The molecular formula is C19H26N2O5S. The first kappa shape index (κ1) is 19.8. The molecule has 7 nitrogen and oxygen atoms in total. The topological polar surface area (TPSA) is 92.8 Å². The quantitative estimate of drug-likeness (QED) is 0.677. The molecule has 0 bridgehead atoms. The third kappa shape index (κ3) is 5.77. The van der Waals surface area contributed by atoms with Crippen molar-refractivity contribution in [1.82, 2.24) is 9.62 Å². The van der Waals surface area contributed by atoms with E-state index in [-0.39, 0.29) is 29.9 Å². The molecule has 1 saturated heterocycles. The minimum absolute atomic E-state index is 0.148. The van der Waals surface area contributed by atoms with Crippen molar-refractivity contribution in [1.29, 1.82) is 0 Å². The van der Waals surface area contributed by atoms with Gasteiger partial charge in [-0.05, 0) is 49.8 Å². The second kappa shape index (κ2) is 8.84. The van der Waals surface area contributed by atoms with E-state index in [1.54, 1.807) is 24.3 Å². The van der Waals surface area contributed by atoms with Gasteiger partial charge in [-0.1, -0.05) is 18.6 Å². The predicted molar refractivity (Wildman–Crippen MR) is 99.5 cm³/mol. The van der Waals surface area contributed by atoms with Crippen LogP contribution >= 0.6 is 0 Å². The molecule has 1 N–H and O–H groups in total. The zero-order chi connectivity index (χ0) is 19.3. The number of aryl methyl sites for hydroxylation is 1. The lowest BCUT2D eigenvalue weighted by molar-refractivity contribution is -0.148. The molecule has 0 aromatic heterocycles. The second-order valence-corrected chi connectivity index (χ2v) is 9.05. The number of nitrogens with one attached hydrogen (secondary N) is 1. The number of carbonyl (C=O) groups excluding carboxylic acids is 2. The van der Waals surface area contributed by atoms with E-state index in [2.05, 4.69) is 5.32 Å². The first-order chi connectivity index (χ1) is 12.9. The first-order valence-corrected chi connectivity index (χ1v) is 10.9. The molecule has 1 amide bonds. The fraction of sp³-hybridized carbons (Fsp3) is 0.579.